The summed E-state index contributed by atoms with van der Waals surface area (Å²) in [6.45, 7) is 14.4. The molecule has 11 aromatic rings. The first-order chi connectivity index (χ1) is 40.3. The number of allylic oxidation sites excluding steroid dienone is 8. The Morgan fingerprint density at radius 3 is 1.26 bits per heavy atom. The number of rotatable bonds is 17. The van der Waals surface area contributed by atoms with Crippen molar-refractivity contribution in [1.82, 2.24) is 0 Å². The van der Waals surface area contributed by atoms with Crippen molar-refractivity contribution in [2.45, 2.75) is 20.8 Å². The van der Waals surface area contributed by atoms with Gasteiger partial charge in [-0.15, -0.1) is 0 Å². The minimum Gasteiger partial charge on any atom is -0.345 e. The van der Waals surface area contributed by atoms with Crippen molar-refractivity contribution >= 4 is 72.7 Å². The third-order valence-corrected chi connectivity index (χ3v) is 14.6. The Hall–Kier alpha value is -10.4. The molecule has 11 aromatic carbocycles. The van der Waals surface area contributed by atoms with E-state index < -0.39 is 0 Å². The Balaban J connectivity index is 0.000000608. The van der Waals surface area contributed by atoms with Gasteiger partial charge in [0.15, 0.2) is 0 Å². The summed E-state index contributed by atoms with van der Waals surface area (Å²) < 4.78 is 0. The Bertz CT molecular complexity index is 3970. The van der Waals surface area contributed by atoms with Crippen LogP contribution in [0.1, 0.15) is 19.4 Å². The Morgan fingerprint density at radius 1 is 0.354 bits per heavy atom. The summed E-state index contributed by atoms with van der Waals surface area (Å²) in [4.78, 5) is 9.06. The number of hydrogen-bond acceptors (Lipinski definition) is 4. The van der Waals surface area contributed by atoms with Crippen molar-refractivity contribution in [2.24, 2.45) is 0 Å². The molecule has 0 bridgehead atoms. The monoisotopic (exact) mass is 1060 g/mol. The maximum atomic E-state index is 4.17. The fourth-order valence-electron chi connectivity index (χ4n) is 10.5. The molecule has 400 valence electrons. The molecule has 4 heteroatoms. The predicted molar refractivity (Wildman–Crippen MR) is 356 cm³/mol. The molecule has 0 aliphatic carbocycles. The molecule has 0 heterocycles. The molecule has 0 fully saturated rings. The number of para-hydroxylation sites is 2. The molecule has 0 radical (unpaired) electrons. The van der Waals surface area contributed by atoms with Crippen LogP contribution in [0.5, 0.6) is 0 Å². The zero-order valence-electron chi connectivity index (χ0n) is 47.2. The van der Waals surface area contributed by atoms with Crippen LogP contribution in [0.4, 0.5) is 51.2 Å². The summed E-state index contributed by atoms with van der Waals surface area (Å²) in [5.41, 5.74) is 17.7. The number of anilines is 9. The summed E-state index contributed by atoms with van der Waals surface area (Å²) in [5.74, 6) is 0. The van der Waals surface area contributed by atoms with E-state index in [1.54, 1.807) is 0 Å². The van der Waals surface area contributed by atoms with Crippen LogP contribution in [0, 0.1) is 6.92 Å². The minimum atomic E-state index is 0.950. The fraction of sp³-hybridized carbons (Fsp3) is 0.0513. The van der Waals surface area contributed by atoms with Crippen molar-refractivity contribution in [2.75, 3.05) is 26.6 Å². The van der Waals surface area contributed by atoms with Crippen LogP contribution in [0.15, 0.2) is 340 Å². The minimum absolute atomic E-state index is 0.950. The quantitative estimate of drug-likeness (QED) is 0.0843. The first-order valence-corrected chi connectivity index (χ1v) is 27.9. The third-order valence-electron chi connectivity index (χ3n) is 14.6. The van der Waals surface area contributed by atoms with Gasteiger partial charge in [0.1, 0.15) is 0 Å². The maximum absolute atomic E-state index is 4.17. The average Bonchev–Trinajstić information content (AvgIpc) is 3.71. The molecule has 0 aliphatic rings. The molecule has 82 heavy (non-hydrogen) atoms. The van der Waals surface area contributed by atoms with Crippen LogP contribution in [-0.4, -0.2) is 7.05 Å². The van der Waals surface area contributed by atoms with Gasteiger partial charge in [-0.25, -0.2) is 0 Å². The second-order valence-electron chi connectivity index (χ2n) is 19.9. The maximum Gasteiger partial charge on any atom is 0.0540 e. The topological polar surface area (TPSA) is 13.0 Å². The van der Waals surface area contributed by atoms with E-state index in [4.69, 9.17) is 0 Å². The van der Waals surface area contributed by atoms with E-state index in [1.807, 2.05) is 50.3 Å². The lowest BCUT2D eigenvalue weighted by Crippen LogP contribution is -2.20. The van der Waals surface area contributed by atoms with Crippen LogP contribution < -0.4 is 19.6 Å². The van der Waals surface area contributed by atoms with Crippen molar-refractivity contribution in [3.05, 3.63) is 346 Å². The number of fused-ring (bicyclic) bond motifs is 2. The molecule has 0 amide bonds. The van der Waals surface area contributed by atoms with Crippen molar-refractivity contribution in [3.8, 4) is 22.3 Å². The highest BCUT2D eigenvalue weighted by Crippen LogP contribution is 2.42. The molecule has 0 aromatic heterocycles. The van der Waals surface area contributed by atoms with Crippen LogP contribution in [0.3, 0.4) is 0 Å². The van der Waals surface area contributed by atoms with E-state index in [9.17, 15) is 0 Å². The van der Waals surface area contributed by atoms with Gasteiger partial charge in [0.25, 0.3) is 0 Å². The lowest BCUT2D eigenvalue weighted by molar-refractivity contribution is 1.14. The zero-order chi connectivity index (χ0) is 56.6. The van der Waals surface area contributed by atoms with Gasteiger partial charge in [0.2, 0.25) is 0 Å². The van der Waals surface area contributed by atoms with Crippen LogP contribution >= 0.6 is 0 Å². The largest absolute Gasteiger partial charge is 0.345 e. The Kier molecular flexibility index (Phi) is 17.7. The second-order valence-corrected chi connectivity index (χ2v) is 19.9. The van der Waals surface area contributed by atoms with E-state index in [0.29, 0.717) is 0 Å². The van der Waals surface area contributed by atoms with Gasteiger partial charge in [-0.05, 0) is 192 Å². The number of aryl methyl sites for hydroxylation is 1. The van der Waals surface area contributed by atoms with Crippen LogP contribution in [0.25, 0.3) is 43.8 Å². The van der Waals surface area contributed by atoms with Gasteiger partial charge in [0.05, 0.1) is 5.69 Å². The summed E-state index contributed by atoms with van der Waals surface area (Å²) in [6, 6.07) is 95.0. The Labute approximate surface area is 485 Å². The van der Waals surface area contributed by atoms with Gasteiger partial charge in [0, 0.05) is 69.3 Å². The molecule has 0 aliphatic heterocycles. The average molecular weight is 1060 g/mol. The highest BCUT2D eigenvalue weighted by atomic mass is 15.2. The summed E-state index contributed by atoms with van der Waals surface area (Å²) in [5, 5.41) is 5.05. The standard InChI is InChI=1S/C67H58N4.C11H10/c1-6-10-24-56(9-4)69(59(20-7-2)21-8-3)62-47-49-65(50-48-62)71(67-30-19-23-55-22-17-18-29-66(55)67)64-41-37-54(38-42-64)52-33-31-51(32-34-52)53-35-39-57(40-36-53)68(5)58-43-45-63(46-44-58)70(60-25-13-11-14-26-60)61-27-15-12-16-28-61;1-9-5-4-7-10-6-2-3-8-11(9)10/h6-50H,2,4H2,1,3,5H3;2-8H,1H3/b10-6-,21-8-,56-24+,59-20+;. The summed E-state index contributed by atoms with van der Waals surface area (Å²) in [7, 11) is 2.12. The summed E-state index contributed by atoms with van der Waals surface area (Å²) in [6.07, 6.45) is 16.0. The van der Waals surface area contributed by atoms with E-state index in [1.165, 1.54) is 38.2 Å². The van der Waals surface area contributed by atoms with Crippen molar-refractivity contribution in [1.29, 1.82) is 0 Å². The first kappa shape index (κ1) is 54.9. The summed E-state index contributed by atoms with van der Waals surface area (Å²) >= 11 is 0. The van der Waals surface area contributed by atoms with Crippen LogP contribution in [0.2, 0.25) is 0 Å². The Morgan fingerprint density at radius 2 is 0.756 bits per heavy atom. The first-order valence-electron chi connectivity index (χ1n) is 27.9. The zero-order valence-corrected chi connectivity index (χ0v) is 47.2. The SMILES string of the molecule is C=C/C=C(\C=C/C)N(/C(C=C)=C/C=C\C)c1ccc(N(c2ccc(-c3ccc(-c4ccc(N(C)c5ccc(N(c6ccccc6)c6ccccc6)cc5)cc4)cc3)cc2)c2cccc3ccccc23)cc1.Cc1cccc2ccccc12. The van der Waals surface area contributed by atoms with Crippen LogP contribution in [-0.2, 0) is 0 Å². The van der Waals surface area contributed by atoms with Gasteiger partial charge >= 0.3 is 0 Å². The normalized spacial score (nSPS) is 11.6. The lowest BCUT2D eigenvalue weighted by Gasteiger charge is -2.30. The van der Waals surface area contributed by atoms with E-state index in [0.717, 1.165) is 73.7 Å². The molecular weight excluding hydrogens is 993 g/mol. The number of benzene rings is 11. The number of nitrogens with zero attached hydrogens (tertiary/aromatic N) is 4. The van der Waals surface area contributed by atoms with E-state index >= 15 is 0 Å². The van der Waals surface area contributed by atoms with E-state index in [2.05, 4.69) is 326 Å². The van der Waals surface area contributed by atoms with Gasteiger partial charge in [-0.3, -0.25) is 0 Å². The highest BCUT2D eigenvalue weighted by molar-refractivity contribution is 5.99. The van der Waals surface area contributed by atoms with Gasteiger partial charge in [-0.1, -0.05) is 201 Å². The van der Waals surface area contributed by atoms with Crippen molar-refractivity contribution in [3.63, 3.8) is 0 Å². The molecule has 0 saturated carbocycles. The molecule has 4 nitrogen and oxygen atoms in total. The highest BCUT2D eigenvalue weighted by Gasteiger charge is 2.19. The smallest absolute Gasteiger partial charge is 0.0540 e. The van der Waals surface area contributed by atoms with E-state index in [-0.39, 0.29) is 0 Å². The van der Waals surface area contributed by atoms with Gasteiger partial charge < -0.3 is 19.6 Å². The second kappa shape index (κ2) is 26.5. The van der Waals surface area contributed by atoms with Gasteiger partial charge in [-0.2, -0.15) is 0 Å². The number of hydrogen-bond donors (Lipinski definition) is 0. The lowest BCUT2D eigenvalue weighted by atomic mass is 9.99. The molecule has 0 spiro atoms. The fourth-order valence-corrected chi connectivity index (χ4v) is 10.5. The third kappa shape index (κ3) is 12.5. The molecule has 0 unspecified atom stereocenters. The molecule has 0 atom stereocenters. The van der Waals surface area contributed by atoms with Crippen molar-refractivity contribution < 1.29 is 0 Å². The molecule has 11 rings (SSSR count). The molecular formula is C78H68N4. The predicted octanol–water partition coefficient (Wildman–Crippen LogP) is 22.1. The molecule has 0 saturated heterocycles. The molecule has 0 N–H and O–H groups in total.